The SMILES string of the molecule is C=CCN(CC=C)[C@H]1CC(C(=O)OCC)=C[C@@H](OC(CC)CC)[C@@H]1N. The minimum Gasteiger partial charge on any atom is -0.463 e. The molecule has 0 spiro atoms. The molecule has 2 N–H and O–H groups in total. The Morgan fingerprint density at radius 3 is 2.40 bits per heavy atom. The van der Waals surface area contributed by atoms with E-state index in [9.17, 15) is 4.79 Å². The summed E-state index contributed by atoms with van der Waals surface area (Å²) >= 11 is 0. The van der Waals surface area contributed by atoms with E-state index in [4.69, 9.17) is 15.2 Å². The first kappa shape index (κ1) is 21.6. The van der Waals surface area contributed by atoms with Gasteiger partial charge in [0, 0.05) is 24.7 Å². The Balaban J connectivity index is 3.10. The number of carbonyl (C=O) groups excluding carboxylic acids is 1. The highest BCUT2D eigenvalue weighted by atomic mass is 16.5. The molecule has 0 saturated carbocycles. The number of carbonyl (C=O) groups is 1. The van der Waals surface area contributed by atoms with Gasteiger partial charge in [0.25, 0.3) is 0 Å². The Labute approximate surface area is 152 Å². The van der Waals surface area contributed by atoms with E-state index in [-0.39, 0.29) is 30.3 Å². The van der Waals surface area contributed by atoms with E-state index in [0.717, 1.165) is 12.8 Å². The Morgan fingerprint density at radius 2 is 1.92 bits per heavy atom. The zero-order valence-corrected chi connectivity index (χ0v) is 15.9. The molecule has 0 amide bonds. The van der Waals surface area contributed by atoms with Crippen LogP contribution in [0.1, 0.15) is 40.0 Å². The number of rotatable bonds is 11. The predicted octanol–water partition coefficient (Wildman–Crippen LogP) is 2.82. The average molecular weight is 351 g/mol. The molecule has 0 unspecified atom stereocenters. The molecule has 0 radical (unpaired) electrons. The van der Waals surface area contributed by atoms with E-state index >= 15 is 0 Å². The van der Waals surface area contributed by atoms with Crippen molar-refractivity contribution in [3.05, 3.63) is 37.0 Å². The van der Waals surface area contributed by atoms with E-state index in [2.05, 4.69) is 31.9 Å². The molecule has 0 bridgehead atoms. The molecule has 142 valence electrons. The van der Waals surface area contributed by atoms with Gasteiger partial charge < -0.3 is 15.2 Å². The molecule has 1 aliphatic carbocycles. The molecule has 0 heterocycles. The van der Waals surface area contributed by atoms with Gasteiger partial charge in [0.05, 0.1) is 24.9 Å². The van der Waals surface area contributed by atoms with Crippen molar-refractivity contribution in [3.8, 4) is 0 Å². The van der Waals surface area contributed by atoms with Gasteiger partial charge in [-0.15, -0.1) is 13.2 Å². The lowest BCUT2D eigenvalue weighted by molar-refractivity contribution is -0.139. The molecule has 0 aromatic heterocycles. The minimum absolute atomic E-state index is 0.0280. The van der Waals surface area contributed by atoms with Gasteiger partial charge in [-0.1, -0.05) is 26.0 Å². The van der Waals surface area contributed by atoms with Gasteiger partial charge in [0.2, 0.25) is 0 Å². The van der Waals surface area contributed by atoms with Gasteiger partial charge in [-0.3, -0.25) is 4.90 Å². The molecule has 25 heavy (non-hydrogen) atoms. The molecule has 1 aliphatic rings. The van der Waals surface area contributed by atoms with E-state index in [1.54, 1.807) is 0 Å². The number of ether oxygens (including phenoxy) is 2. The lowest BCUT2D eigenvalue weighted by Crippen LogP contribution is -2.56. The number of nitrogens with two attached hydrogens (primary N) is 1. The molecule has 0 aromatic carbocycles. The third kappa shape index (κ3) is 6.10. The molecule has 0 aromatic rings. The fourth-order valence-corrected chi connectivity index (χ4v) is 3.22. The number of nitrogens with zero attached hydrogens (tertiary/aromatic N) is 1. The van der Waals surface area contributed by atoms with E-state index in [1.165, 1.54) is 0 Å². The summed E-state index contributed by atoms with van der Waals surface area (Å²) in [5, 5.41) is 0. The fourth-order valence-electron chi connectivity index (χ4n) is 3.22. The van der Waals surface area contributed by atoms with E-state index in [1.807, 2.05) is 25.2 Å². The molecule has 0 saturated heterocycles. The molecule has 3 atom stereocenters. The van der Waals surface area contributed by atoms with Crippen molar-refractivity contribution in [3.63, 3.8) is 0 Å². The van der Waals surface area contributed by atoms with Crippen LogP contribution in [-0.4, -0.2) is 54.9 Å². The van der Waals surface area contributed by atoms with Crippen LogP contribution in [-0.2, 0) is 14.3 Å². The maximum absolute atomic E-state index is 12.3. The highest BCUT2D eigenvalue weighted by molar-refractivity contribution is 5.89. The zero-order valence-electron chi connectivity index (χ0n) is 15.9. The van der Waals surface area contributed by atoms with Crippen molar-refractivity contribution in [2.75, 3.05) is 19.7 Å². The first-order valence-corrected chi connectivity index (χ1v) is 9.26. The average Bonchev–Trinajstić information content (AvgIpc) is 2.61. The molecule has 5 heteroatoms. The van der Waals surface area contributed by atoms with Crippen LogP contribution in [0.4, 0.5) is 0 Å². The fraction of sp³-hybridized carbons (Fsp3) is 0.650. The molecule has 0 fully saturated rings. The zero-order chi connectivity index (χ0) is 18.8. The largest absolute Gasteiger partial charge is 0.463 e. The summed E-state index contributed by atoms with van der Waals surface area (Å²) in [7, 11) is 0. The highest BCUT2D eigenvalue weighted by Crippen LogP contribution is 2.27. The Hall–Kier alpha value is -1.43. The lowest BCUT2D eigenvalue weighted by atomic mass is 9.87. The van der Waals surface area contributed by atoms with Crippen molar-refractivity contribution in [1.29, 1.82) is 0 Å². The van der Waals surface area contributed by atoms with Crippen molar-refractivity contribution in [1.82, 2.24) is 4.90 Å². The Kier molecular flexibility index (Phi) is 9.71. The van der Waals surface area contributed by atoms with Crippen molar-refractivity contribution in [2.24, 2.45) is 5.73 Å². The topological polar surface area (TPSA) is 64.8 Å². The van der Waals surface area contributed by atoms with Crippen LogP contribution in [0.2, 0.25) is 0 Å². The smallest absolute Gasteiger partial charge is 0.333 e. The van der Waals surface area contributed by atoms with Gasteiger partial charge >= 0.3 is 5.97 Å². The van der Waals surface area contributed by atoms with E-state index < -0.39 is 0 Å². The van der Waals surface area contributed by atoms with Crippen LogP contribution >= 0.6 is 0 Å². The van der Waals surface area contributed by atoms with Gasteiger partial charge in [0.15, 0.2) is 0 Å². The standard InChI is InChI=1S/C20H34N2O3/c1-6-11-22(12-7-2)17-13-15(20(23)24-10-5)14-18(19(17)21)25-16(8-3)9-4/h6-7,14,16-19H,1-2,8-13,21H2,3-5H3/t17-,18+,19+/m0/s1. The third-order valence-corrected chi connectivity index (χ3v) is 4.61. The summed E-state index contributed by atoms with van der Waals surface area (Å²) in [5.74, 6) is -0.283. The second-order valence-electron chi connectivity index (χ2n) is 6.33. The Bertz CT molecular complexity index is 462. The van der Waals surface area contributed by atoms with Gasteiger partial charge in [-0.2, -0.15) is 0 Å². The van der Waals surface area contributed by atoms with Gasteiger partial charge in [-0.05, 0) is 32.3 Å². The Morgan fingerprint density at radius 1 is 1.32 bits per heavy atom. The summed E-state index contributed by atoms with van der Waals surface area (Å²) in [6, 6.07) is -0.251. The van der Waals surface area contributed by atoms with Crippen LogP contribution in [0, 0.1) is 0 Å². The second kappa shape index (κ2) is 11.2. The summed E-state index contributed by atoms with van der Waals surface area (Å²) in [5.41, 5.74) is 7.19. The van der Waals surface area contributed by atoms with E-state index in [0.29, 0.717) is 31.7 Å². The predicted molar refractivity (Wildman–Crippen MR) is 102 cm³/mol. The summed E-state index contributed by atoms with van der Waals surface area (Å²) < 4.78 is 11.4. The van der Waals surface area contributed by atoms with Crippen LogP contribution in [0.3, 0.4) is 0 Å². The van der Waals surface area contributed by atoms with Crippen molar-refractivity contribution < 1.29 is 14.3 Å². The van der Waals surface area contributed by atoms with Crippen molar-refractivity contribution >= 4 is 5.97 Å². The molecule has 5 nitrogen and oxygen atoms in total. The molecular weight excluding hydrogens is 316 g/mol. The molecular formula is C20H34N2O3. The van der Waals surface area contributed by atoms with Crippen LogP contribution in [0.15, 0.2) is 37.0 Å². The minimum atomic E-state index is -0.305. The van der Waals surface area contributed by atoms with Crippen molar-refractivity contribution in [2.45, 2.75) is 64.3 Å². The first-order valence-electron chi connectivity index (χ1n) is 9.26. The van der Waals surface area contributed by atoms with Crippen LogP contribution in [0.5, 0.6) is 0 Å². The maximum Gasteiger partial charge on any atom is 0.333 e. The lowest BCUT2D eigenvalue weighted by Gasteiger charge is -2.41. The summed E-state index contributed by atoms with van der Waals surface area (Å²) in [6.45, 7) is 15.4. The maximum atomic E-state index is 12.3. The normalized spacial score (nSPS) is 23.4. The monoisotopic (exact) mass is 350 g/mol. The second-order valence-corrected chi connectivity index (χ2v) is 6.33. The van der Waals surface area contributed by atoms with Crippen LogP contribution < -0.4 is 5.73 Å². The van der Waals surface area contributed by atoms with Gasteiger partial charge in [-0.25, -0.2) is 4.79 Å². The van der Waals surface area contributed by atoms with Gasteiger partial charge in [0.1, 0.15) is 0 Å². The number of esters is 1. The first-order chi connectivity index (χ1) is 12.0. The summed E-state index contributed by atoms with van der Waals surface area (Å²) in [4.78, 5) is 14.5. The van der Waals surface area contributed by atoms with Crippen LogP contribution in [0.25, 0.3) is 0 Å². The quantitative estimate of drug-likeness (QED) is 0.458. The number of hydrogen-bond acceptors (Lipinski definition) is 5. The third-order valence-electron chi connectivity index (χ3n) is 4.61. The summed E-state index contributed by atoms with van der Waals surface area (Å²) in [6.07, 6.45) is 7.74. The number of hydrogen-bond donors (Lipinski definition) is 1. The highest BCUT2D eigenvalue weighted by Gasteiger charge is 2.37. The molecule has 0 aliphatic heterocycles. The molecule has 1 rings (SSSR count).